The largest absolute Gasteiger partial charge is 0.507 e. The molecule has 14 nitrogen and oxygen atoms in total. The molecule has 15 heteroatoms. The van der Waals surface area contributed by atoms with Gasteiger partial charge in [-0.3, -0.25) is 9.35 Å². The molecule has 1 fully saturated rings. The summed E-state index contributed by atoms with van der Waals surface area (Å²) >= 11 is 0. The van der Waals surface area contributed by atoms with Crippen molar-refractivity contribution in [2.24, 2.45) is 0 Å². The van der Waals surface area contributed by atoms with E-state index < -0.39 is 64.7 Å². The number of benzene rings is 2. The summed E-state index contributed by atoms with van der Waals surface area (Å²) in [6.45, 7) is 0. The number of carbonyl (C=O) groups excluding carboxylic acids is 1. The SMILES string of the molecule is O=C1C[C@@H](c2ccc(OS(=O)(=O)O)cc2)Oc2cc(O[C@@H]3O[C@H](C(=O)O)[C@@H](O)[C@H](O)[C@H]3O)cc(O)c21. The minimum Gasteiger partial charge on any atom is -0.507 e. The fraction of sp³-hybridized carbons (Fsp3) is 0.333. The number of aliphatic hydroxyl groups is 3. The Morgan fingerprint density at radius 1 is 1.00 bits per heavy atom. The number of hydrogen-bond donors (Lipinski definition) is 6. The van der Waals surface area contributed by atoms with Crippen LogP contribution in [0.3, 0.4) is 0 Å². The molecule has 0 unspecified atom stereocenters. The van der Waals surface area contributed by atoms with E-state index in [0.717, 1.165) is 6.07 Å². The number of phenolic OH excluding ortho intramolecular Hbond substituents is 1. The number of rotatable bonds is 6. The first-order chi connectivity index (χ1) is 16.8. The van der Waals surface area contributed by atoms with E-state index in [4.69, 9.17) is 23.9 Å². The smallest absolute Gasteiger partial charge is 0.446 e. The van der Waals surface area contributed by atoms with E-state index in [9.17, 15) is 38.4 Å². The molecule has 6 atom stereocenters. The van der Waals surface area contributed by atoms with E-state index in [2.05, 4.69) is 4.18 Å². The Hall–Kier alpha value is -3.47. The van der Waals surface area contributed by atoms with Crippen LogP contribution in [-0.4, -0.2) is 81.0 Å². The molecule has 36 heavy (non-hydrogen) atoms. The number of ketones is 1. The van der Waals surface area contributed by atoms with Gasteiger partial charge in [-0.25, -0.2) is 4.79 Å². The predicted molar refractivity (Wildman–Crippen MR) is 114 cm³/mol. The molecule has 1 saturated heterocycles. The summed E-state index contributed by atoms with van der Waals surface area (Å²) in [4.78, 5) is 24.0. The highest BCUT2D eigenvalue weighted by atomic mass is 32.3. The van der Waals surface area contributed by atoms with E-state index in [1.807, 2.05) is 0 Å². The number of fused-ring (bicyclic) bond motifs is 1. The maximum atomic E-state index is 12.7. The molecular formula is C21H20O14S. The summed E-state index contributed by atoms with van der Waals surface area (Å²) < 4.78 is 51.0. The van der Waals surface area contributed by atoms with Crippen LogP contribution in [0.2, 0.25) is 0 Å². The summed E-state index contributed by atoms with van der Waals surface area (Å²) in [5.41, 5.74) is 0.267. The van der Waals surface area contributed by atoms with Crippen LogP contribution >= 0.6 is 0 Å². The highest BCUT2D eigenvalue weighted by Crippen LogP contribution is 2.42. The van der Waals surface area contributed by atoms with Gasteiger partial charge in [-0.2, -0.15) is 8.42 Å². The molecule has 0 amide bonds. The van der Waals surface area contributed by atoms with Gasteiger partial charge in [0.2, 0.25) is 6.29 Å². The lowest BCUT2D eigenvalue weighted by atomic mass is 9.95. The molecule has 0 aromatic heterocycles. The number of ether oxygens (including phenoxy) is 3. The third kappa shape index (κ3) is 5.20. The third-order valence-electron chi connectivity index (χ3n) is 5.49. The molecule has 6 N–H and O–H groups in total. The lowest BCUT2D eigenvalue weighted by molar-refractivity contribution is -0.271. The van der Waals surface area contributed by atoms with Gasteiger partial charge in [0.05, 0.1) is 6.42 Å². The molecule has 0 bridgehead atoms. The number of phenols is 1. The zero-order valence-electron chi connectivity index (χ0n) is 18.0. The van der Waals surface area contributed by atoms with Gasteiger partial charge < -0.3 is 43.9 Å². The minimum absolute atomic E-state index is 0.120. The number of hydrogen-bond acceptors (Lipinski definition) is 12. The van der Waals surface area contributed by atoms with Crippen molar-refractivity contribution in [3.8, 4) is 23.0 Å². The van der Waals surface area contributed by atoms with Crippen LogP contribution in [0.5, 0.6) is 23.0 Å². The van der Waals surface area contributed by atoms with Crippen LogP contribution < -0.4 is 13.7 Å². The topological polar surface area (TPSA) is 227 Å². The van der Waals surface area contributed by atoms with Crippen molar-refractivity contribution in [3.63, 3.8) is 0 Å². The van der Waals surface area contributed by atoms with Crippen LogP contribution in [0.1, 0.15) is 28.4 Å². The Morgan fingerprint density at radius 3 is 2.28 bits per heavy atom. The van der Waals surface area contributed by atoms with Crippen LogP contribution in [0, 0.1) is 0 Å². The first-order valence-electron chi connectivity index (χ1n) is 10.3. The molecule has 2 aromatic carbocycles. The minimum atomic E-state index is -4.72. The van der Waals surface area contributed by atoms with Crippen LogP contribution in [0.4, 0.5) is 0 Å². The molecule has 0 radical (unpaired) electrons. The maximum Gasteiger partial charge on any atom is 0.446 e. The standard InChI is InChI=1S/C21H20O14S/c22-11-5-10(32-21-18(26)16(24)17(25)19(34-21)20(27)28)6-14-15(11)12(23)7-13(33-14)8-1-3-9(4-2-8)35-36(29,30)31/h1-6,13,16-19,21-22,24-26H,7H2,(H,27,28)(H,29,30,31)/t13-,16-,17-,18+,19-,21+/m0/s1. The van der Waals surface area contributed by atoms with Gasteiger partial charge in [0, 0.05) is 12.1 Å². The Labute approximate surface area is 202 Å². The van der Waals surface area contributed by atoms with E-state index in [0.29, 0.717) is 5.56 Å². The van der Waals surface area contributed by atoms with Crippen molar-refractivity contribution in [1.29, 1.82) is 0 Å². The van der Waals surface area contributed by atoms with Crippen molar-refractivity contribution >= 4 is 22.2 Å². The Morgan fingerprint density at radius 2 is 1.67 bits per heavy atom. The summed E-state index contributed by atoms with van der Waals surface area (Å²) in [5.74, 6) is -3.17. The lowest BCUT2D eigenvalue weighted by Gasteiger charge is -2.38. The predicted octanol–water partition coefficient (Wildman–Crippen LogP) is -0.449. The number of carbonyl (C=O) groups is 2. The van der Waals surface area contributed by atoms with Crippen LogP contribution in [-0.2, 0) is 19.9 Å². The lowest BCUT2D eigenvalue weighted by Crippen LogP contribution is -2.61. The Kier molecular flexibility index (Phi) is 6.78. The fourth-order valence-electron chi connectivity index (χ4n) is 3.81. The van der Waals surface area contributed by atoms with Gasteiger partial charge >= 0.3 is 16.4 Å². The van der Waals surface area contributed by atoms with E-state index in [1.54, 1.807) is 0 Å². The molecule has 0 aliphatic carbocycles. The van der Waals surface area contributed by atoms with Gasteiger partial charge in [0.25, 0.3) is 0 Å². The first-order valence-corrected chi connectivity index (χ1v) is 11.6. The average Bonchev–Trinajstić information content (AvgIpc) is 2.78. The normalized spacial score (nSPS) is 28.1. The third-order valence-corrected chi connectivity index (χ3v) is 5.90. The van der Waals surface area contributed by atoms with Crippen molar-refractivity contribution in [1.82, 2.24) is 0 Å². The second-order valence-electron chi connectivity index (χ2n) is 7.98. The molecule has 0 saturated carbocycles. The van der Waals surface area contributed by atoms with Crippen molar-refractivity contribution in [2.45, 2.75) is 43.2 Å². The molecule has 2 aliphatic rings. The highest BCUT2D eigenvalue weighted by Gasteiger charge is 2.48. The zero-order chi connectivity index (χ0) is 26.4. The molecule has 194 valence electrons. The van der Waals surface area contributed by atoms with Gasteiger partial charge in [0.1, 0.15) is 53.0 Å². The van der Waals surface area contributed by atoms with Gasteiger partial charge in [-0.15, -0.1) is 0 Å². The van der Waals surface area contributed by atoms with Gasteiger partial charge in [-0.05, 0) is 17.7 Å². The molecule has 4 rings (SSSR count). The number of carboxylic acid groups (broad SMARTS) is 1. The second kappa shape index (κ2) is 9.53. The zero-order valence-corrected chi connectivity index (χ0v) is 18.8. The molecule has 2 heterocycles. The number of Topliss-reactive ketones (excluding diaryl/α,β-unsaturated/α-hetero) is 1. The number of aliphatic carboxylic acids is 1. The highest BCUT2D eigenvalue weighted by molar-refractivity contribution is 7.81. The maximum absolute atomic E-state index is 12.7. The summed E-state index contributed by atoms with van der Waals surface area (Å²) in [5, 5.41) is 49.4. The monoisotopic (exact) mass is 528 g/mol. The number of aromatic hydroxyl groups is 1. The van der Waals surface area contributed by atoms with E-state index >= 15 is 0 Å². The summed E-state index contributed by atoms with van der Waals surface area (Å²) in [6.07, 6.45) is -10.4. The molecule has 2 aliphatic heterocycles. The fourth-order valence-corrected chi connectivity index (χ4v) is 4.17. The van der Waals surface area contributed by atoms with Crippen molar-refractivity contribution in [2.75, 3.05) is 0 Å². The Balaban J connectivity index is 1.57. The van der Waals surface area contributed by atoms with Crippen molar-refractivity contribution in [3.05, 3.63) is 47.5 Å². The van der Waals surface area contributed by atoms with Gasteiger partial charge in [-0.1, -0.05) is 12.1 Å². The molecule has 0 spiro atoms. The Bertz CT molecular complexity index is 1270. The summed E-state index contributed by atoms with van der Waals surface area (Å²) in [7, 11) is -4.72. The number of aliphatic hydroxyl groups excluding tert-OH is 3. The second-order valence-corrected chi connectivity index (χ2v) is 9.00. The van der Waals surface area contributed by atoms with E-state index in [1.165, 1.54) is 30.3 Å². The first kappa shape index (κ1) is 25.6. The molecular weight excluding hydrogens is 508 g/mol. The van der Waals surface area contributed by atoms with Crippen LogP contribution in [0.25, 0.3) is 0 Å². The quantitative estimate of drug-likeness (QED) is 0.261. The van der Waals surface area contributed by atoms with Crippen molar-refractivity contribution < 1.29 is 66.5 Å². The van der Waals surface area contributed by atoms with E-state index in [-0.39, 0.29) is 29.2 Å². The van der Waals surface area contributed by atoms with Gasteiger partial charge in [0.15, 0.2) is 11.9 Å². The molecule has 2 aromatic rings. The number of carboxylic acids is 1. The average molecular weight is 528 g/mol. The van der Waals surface area contributed by atoms with Crippen LogP contribution in [0.15, 0.2) is 36.4 Å². The summed E-state index contributed by atoms with van der Waals surface area (Å²) in [6, 6.07) is 7.43.